The standard InChI is InChI=1S/C22H33Cl2N3O3S/c1-5-12-30-19-14-18(24)17(23)13-16(19)21(26-31(29)22(2,3)4)15-7-10-27(11-8-15)20(28)6-9-25/h5,13-15,21,26H,1,6-12,25H2,2-4H3. The van der Waals surface area contributed by atoms with Crippen LogP contribution in [0, 0.1) is 5.92 Å². The highest BCUT2D eigenvalue weighted by atomic mass is 35.5. The Hall–Kier alpha value is -1.12. The number of hydrogen-bond donors (Lipinski definition) is 2. The average molecular weight is 490 g/mol. The molecule has 174 valence electrons. The van der Waals surface area contributed by atoms with Crippen LogP contribution in [0.2, 0.25) is 10.0 Å². The van der Waals surface area contributed by atoms with E-state index < -0.39 is 15.7 Å². The molecule has 6 nitrogen and oxygen atoms in total. The molecule has 3 N–H and O–H groups in total. The molecular weight excluding hydrogens is 457 g/mol. The maximum Gasteiger partial charge on any atom is 0.223 e. The molecule has 31 heavy (non-hydrogen) atoms. The molecule has 0 aromatic heterocycles. The van der Waals surface area contributed by atoms with E-state index in [0.29, 0.717) is 48.5 Å². The van der Waals surface area contributed by atoms with E-state index in [4.69, 9.17) is 33.7 Å². The van der Waals surface area contributed by atoms with Crippen molar-refractivity contribution in [3.63, 3.8) is 0 Å². The number of carbonyl (C=O) groups excluding carboxylic acids is 1. The van der Waals surface area contributed by atoms with Crippen molar-refractivity contribution in [1.29, 1.82) is 0 Å². The largest absolute Gasteiger partial charge is 0.489 e. The van der Waals surface area contributed by atoms with Crippen LogP contribution in [0.1, 0.15) is 51.6 Å². The minimum Gasteiger partial charge on any atom is -0.489 e. The molecule has 1 aromatic carbocycles. The number of benzene rings is 1. The average Bonchev–Trinajstić information content (AvgIpc) is 2.72. The molecule has 1 heterocycles. The maximum atomic E-state index is 13.0. The first-order valence-corrected chi connectivity index (χ1v) is 12.4. The van der Waals surface area contributed by atoms with Crippen molar-refractivity contribution in [3.8, 4) is 5.75 Å². The van der Waals surface area contributed by atoms with E-state index in [-0.39, 0.29) is 17.9 Å². The number of nitrogens with zero attached hydrogens (tertiary/aromatic N) is 1. The summed E-state index contributed by atoms with van der Waals surface area (Å²) in [5.74, 6) is 0.796. The molecule has 0 bridgehead atoms. The van der Waals surface area contributed by atoms with Crippen LogP contribution in [-0.2, 0) is 15.8 Å². The van der Waals surface area contributed by atoms with Crippen LogP contribution >= 0.6 is 23.2 Å². The van der Waals surface area contributed by atoms with E-state index in [9.17, 15) is 9.00 Å². The first-order valence-electron chi connectivity index (χ1n) is 10.5. The van der Waals surface area contributed by atoms with Crippen molar-refractivity contribution < 1.29 is 13.7 Å². The zero-order chi connectivity index (χ0) is 23.2. The zero-order valence-electron chi connectivity index (χ0n) is 18.5. The van der Waals surface area contributed by atoms with Crippen molar-refractivity contribution in [2.24, 2.45) is 11.7 Å². The predicted molar refractivity (Wildman–Crippen MR) is 129 cm³/mol. The number of hydrogen-bond acceptors (Lipinski definition) is 4. The molecule has 0 aliphatic carbocycles. The van der Waals surface area contributed by atoms with Crippen LogP contribution in [0.25, 0.3) is 0 Å². The summed E-state index contributed by atoms with van der Waals surface area (Å²) in [4.78, 5) is 14.1. The van der Waals surface area contributed by atoms with E-state index in [0.717, 1.165) is 18.4 Å². The Bertz CT molecular complexity index is 806. The van der Waals surface area contributed by atoms with Gasteiger partial charge in [0.05, 0.1) is 31.8 Å². The molecular formula is C22H33Cl2N3O3S. The van der Waals surface area contributed by atoms with Gasteiger partial charge in [-0.05, 0) is 45.6 Å². The van der Waals surface area contributed by atoms with Gasteiger partial charge in [0.15, 0.2) is 0 Å². The molecule has 0 saturated carbocycles. The third kappa shape index (κ3) is 7.19. The lowest BCUT2D eigenvalue weighted by atomic mass is 9.85. The Balaban J connectivity index is 2.36. The summed E-state index contributed by atoms with van der Waals surface area (Å²) in [6.45, 7) is 11.4. The summed E-state index contributed by atoms with van der Waals surface area (Å²) in [5.41, 5.74) is 6.34. The maximum absolute atomic E-state index is 13.0. The topological polar surface area (TPSA) is 84.7 Å². The van der Waals surface area contributed by atoms with E-state index in [1.54, 1.807) is 18.2 Å². The molecule has 0 spiro atoms. The number of amides is 1. The third-order valence-electron chi connectivity index (χ3n) is 5.26. The second-order valence-electron chi connectivity index (χ2n) is 8.64. The lowest BCUT2D eigenvalue weighted by Crippen LogP contribution is -2.44. The first kappa shape index (κ1) is 26.1. The van der Waals surface area contributed by atoms with Gasteiger partial charge in [-0.3, -0.25) is 4.79 Å². The van der Waals surface area contributed by atoms with Crippen LogP contribution < -0.4 is 15.2 Å². The minimum atomic E-state index is -1.31. The highest BCUT2D eigenvalue weighted by molar-refractivity contribution is 7.84. The van der Waals surface area contributed by atoms with Gasteiger partial charge in [0.2, 0.25) is 5.91 Å². The summed E-state index contributed by atoms with van der Waals surface area (Å²) in [7, 11) is -1.31. The van der Waals surface area contributed by atoms with Gasteiger partial charge in [-0.25, -0.2) is 8.93 Å². The summed E-state index contributed by atoms with van der Waals surface area (Å²) in [6, 6.07) is 3.20. The quantitative estimate of drug-likeness (QED) is 0.508. The highest BCUT2D eigenvalue weighted by Gasteiger charge is 2.34. The molecule has 9 heteroatoms. The molecule has 0 radical (unpaired) electrons. The van der Waals surface area contributed by atoms with Gasteiger partial charge < -0.3 is 15.4 Å². The van der Waals surface area contributed by atoms with E-state index in [2.05, 4.69) is 11.3 Å². The van der Waals surface area contributed by atoms with Crippen molar-refractivity contribution in [1.82, 2.24) is 9.62 Å². The molecule has 1 aliphatic heterocycles. The molecule has 1 aromatic rings. The van der Waals surface area contributed by atoms with Crippen molar-refractivity contribution in [2.45, 2.75) is 50.8 Å². The van der Waals surface area contributed by atoms with Gasteiger partial charge in [0, 0.05) is 37.7 Å². The summed E-state index contributed by atoms with van der Waals surface area (Å²) in [6.07, 6.45) is 3.53. The number of likely N-dealkylation sites (tertiary alicyclic amines) is 1. The van der Waals surface area contributed by atoms with Gasteiger partial charge in [0.25, 0.3) is 0 Å². The monoisotopic (exact) mass is 489 g/mol. The van der Waals surface area contributed by atoms with Crippen molar-refractivity contribution in [3.05, 3.63) is 40.4 Å². The molecule has 2 atom stereocenters. The van der Waals surface area contributed by atoms with Gasteiger partial charge in [-0.2, -0.15) is 0 Å². The fourth-order valence-electron chi connectivity index (χ4n) is 3.53. The Morgan fingerprint density at radius 3 is 2.52 bits per heavy atom. The number of ether oxygens (including phenoxy) is 1. The van der Waals surface area contributed by atoms with Gasteiger partial charge >= 0.3 is 0 Å². The fourth-order valence-corrected chi connectivity index (χ4v) is 4.76. The molecule has 1 aliphatic rings. The number of nitrogens with one attached hydrogen (secondary N) is 1. The van der Waals surface area contributed by atoms with E-state index in [1.807, 2.05) is 25.7 Å². The number of carbonyl (C=O) groups is 1. The summed E-state index contributed by atoms with van der Waals surface area (Å²) >= 11 is 12.6. The van der Waals surface area contributed by atoms with Crippen LogP contribution in [0.15, 0.2) is 24.8 Å². The van der Waals surface area contributed by atoms with Crippen molar-refractivity contribution >= 4 is 40.1 Å². The van der Waals surface area contributed by atoms with E-state index >= 15 is 0 Å². The summed E-state index contributed by atoms with van der Waals surface area (Å²) in [5, 5.41) is 0.800. The molecule has 1 fully saturated rings. The van der Waals surface area contributed by atoms with Crippen LogP contribution in [0.4, 0.5) is 0 Å². The Morgan fingerprint density at radius 2 is 1.97 bits per heavy atom. The number of halogens is 2. The number of rotatable bonds is 9. The molecule has 2 rings (SSSR count). The predicted octanol–water partition coefficient (Wildman–Crippen LogP) is 4.24. The molecule has 1 saturated heterocycles. The van der Waals surface area contributed by atoms with Gasteiger partial charge in [-0.1, -0.05) is 35.9 Å². The van der Waals surface area contributed by atoms with E-state index in [1.165, 1.54) is 0 Å². The Morgan fingerprint density at radius 1 is 1.35 bits per heavy atom. The second-order valence-corrected chi connectivity index (χ2v) is 11.4. The highest BCUT2D eigenvalue weighted by Crippen LogP contribution is 2.40. The van der Waals surface area contributed by atoms with Crippen LogP contribution in [0.3, 0.4) is 0 Å². The third-order valence-corrected chi connectivity index (χ3v) is 7.56. The molecule has 2 unspecified atom stereocenters. The summed E-state index contributed by atoms with van der Waals surface area (Å²) < 4.78 is 21.8. The Labute approximate surface area is 198 Å². The minimum absolute atomic E-state index is 0.0771. The Kier molecular flexibility index (Phi) is 9.83. The number of piperidine rings is 1. The number of nitrogens with two attached hydrogens (primary N) is 1. The first-order chi connectivity index (χ1) is 14.6. The van der Waals surface area contributed by atoms with Crippen LogP contribution in [-0.4, -0.2) is 46.0 Å². The second kappa shape index (κ2) is 11.7. The fraction of sp³-hybridized carbons (Fsp3) is 0.591. The molecule has 1 amide bonds. The van der Waals surface area contributed by atoms with Gasteiger partial charge in [-0.15, -0.1) is 0 Å². The SMILES string of the molecule is C=CCOc1cc(Cl)c(Cl)cc1C(NS(=O)C(C)(C)C)C1CCN(C(=O)CCN)CC1. The normalized spacial score (nSPS) is 17.3. The smallest absolute Gasteiger partial charge is 0.223 e. The van der Waals surface area contributed by atoms with Crippen molar-refractivity contribution in [2.75, 3.05) is 26.2 Å². The van der Waals surface area contributed by atoms with Crippen LogP contribution in [0.5, 0.6) is 5.75 Å². The van der Waals surface area contributed by atoms with Gasteiger partial charge in [0.1, 0.15) is 12.4 Å². The lowest BCUT2D eigenvalue weighted by molar-refractivity contribution is -0.132. The lowest BCUT2D eigenvalue weighted by Gasteiger charge is -2.38. The zero-order valence-corrected chi connectivity index (χ0v) is 20.8.